The molecule has 0 saturated carbocycles. The summed E-state index contributed by atoms with van der Waals surface area (Å²) in [4.78, 5) is 11.9. The van der Waals surface area contributed by atoms with E-state index in [0.717, 1.165) is 16.8 Å². The molecule has 0 radical (unpaired) electrons. The van der Waals surface area contributed by atoms with Gasteiger partial charge in [-0.15, -0.1) is 0 Å². The lowest BCUT2D eigenvalue weighted by Crippen LogP contribution is -2.14. The van der Waals surface area contributed by atoms with Gasteiger partial charge in [-0.2, -0.15) is 0 Å². The van der Waals surface area contributed by atoms with Crippen molar-refractivity contribution < 1.29 is 9.90 Å². The highest BCUT2D eigenvalue weighted by molar-refractivity contribution is 5.92. The zero-order chi connectivity index (χ0) is 14.4. The monoisotopic (exact) mass is 270 g/mol. The normalized spacial score (nSPS) is 10.2. The van der Waals surface area contributed by atoms with Crippen molar-refractivity contribution in [1.82, 2.24) is 0 Å². The fourth-order valence-corrected chi connectivity index (χ4v) is 1.91. The van der Waals surface area contributed by atoms with E-state index in [1.807, 2.05) is 36.4 Å². The molecule has 4 nitrogen and oxygen atoms in total. The van der Waals surface area contributed by atoms with Gasteiger partial charge in [-0.25, -0.2) is 0 Å². The first-order valence-corrected chi connectivity index (χ1v) is 6.51. The summed E-state index contributed by atoms with van der Waals surface area (Å²) in [6.07, 6.45) is 0.943. The lowest BCUT2D eigenvalue weighted by molar-refractivity contribution is -0.115. The number of carbonyl (C=O) groups excluding carboxylic acids is 1. The van der Waals surface area contributed by atoms with Crippen molar-refractivity contribution in [2.45, 2.75) is 12.8 Å². The van der Waals surface area contributed by atoms with Gasteiger partial charge in [0.25, 0.3) is 0 Å². The average Bonchev–Trinajstić information content (AvgIpc) is 2.44. The van der Waals surface area contributed by atoms with Crippen LogP contribution in [0.1, 0.15) is 11.1 Å². The SMILES string of the molecule is Nc1ccc(CC(=O)Nc2ccc(CCO)cc2)cc1. The maximum Gasteiger partial charge on any atom is 0.228 e. The first-order valence-electron chi connectivity index (χ1n) is 6.51. The number of aliphatic hydroxyl groups excluding tert-OH is 1. The van der Waals surface area contributed by atoms with Gasteiger partial charge in [0.05, 0.1) is 6.42 Å². The van der Waals surface area contributed by atoms with Crippen molar-refractivity contribution in [2.75, 3.05) is 17.7 Å². The van der Waals surface area contributed by atoms with E-state index >= 15 is 0 Å². The smallest absolute Gasteiger partial charge is 0.228 e. The van der Waals surface area contributed by atoms with Crippen LogP contribution in [0.25, 0.3) is 0 Å². The zero-order valence-electron chi connectivity index (χ0n) is 11.2. The fraction of sp³-hybridized carbons (Fsp3) is 0.188. The van der Waals surface area contributed by atoms with Gasteiger partial charge in [0.2, 0.25) is 5.91 Å². The summed E-state index contributed by atoms with van der Waals surface area (Å²) in [7, 11) is 0. The van der Waals surface area contributed by atoms with Crippen LogP contribution in [0.2, 0.25) is 0 Å². The molecular weight excluding hydrogens is 252 g/mol. The molecule has 2 rings (SSSR count). The maximum absolute atomic E-state index is 11.9. The Bertz CT molecular complexity index is 562. The second-order valence-corrected chi connectivity index (χ2v) is 4.64. The summed E-state index contributed by atoms with van der Waals surface area (Å²) in [5.41, 5.74) is 9.02. The standard InChI is InChI=1S/C16H18N2O2/c17-14-5-1-13(2-6-14)11-16(20)18-15-7-3-12(4-8-15)9-10-19/h1-8,19H,9-11,17H2,(H,18,20). The van der Waals surface area contributed by atoms with Gasteiger partial charge in [-0.1, -0.05) is 24.3 Å². The number of hydrogen-bond donors (Lipinski definition) is 3. The second kappa shape index (κ2) is 6.73. The minimum absolute atomic E-state index is 0.0651. The van der Waals surface area contributed by atoms with Crippen LogP contribution < -0.4 is 11.1 Å². The zero-order valence-corrected chi connectivity index (χ0v) is 11.2. The third kappa shape index (κ3) is 4.10. The van der Waals surface area contributed by atoms with E-state index in [9.17, 15) is 4.79 Å². The van der Waals surface area contributed by atoms with Crippen LogP contribution in [0.4, 0.5) is 11.4 Å². The Balaban J connectivity index is 1.92. The minimum Gasteiger partial charge on any atom is -0.399 e. The largest absolute Gasteiger partial charge is 0.399 e. The van der Waals surface area contributed by atoms with E-state index in [0.29, 0.717) is 18.5 Å². The highest BCUT2D eigenvalue weighted by Crippen LogP contribution is 2.11. The van der Waals surface area contributed by atoms with Crippen LogP contribution in [-0.2, 0) is 17.6 Å². The number of nitrogens with one attached hydrogen (secondary N) is 1. The van der Waals surface area contributed by atoms with E-state index in [1.54, 1.807) is 12.1 Å². The number of carbonyl (C=O) groups is 1. The average molecular weight is 270 g/mol. The summed E-state index contributed by atoms with van der Waals surface area (Å²) in [6.45, 7) is 0.128. The molecule has 0 atom stereocenters. The molecule has 4 heteroatoms. The highest BCUT2D eigenvalue weighted by Gasteiger charge is 2.04. The third-order valence-corrected chi connectivity index (χ3v) is 2.98. The molecule has 2 aromatic carbocycles. The Labute approximate surface area is 118 Å². The number of anilines is 2. The number of hydrogen-bond acceptors (Lipinski definition) is 3. The van der Waals surface area contributed by atoms with Crippen molar-refractivity contribution >= 4 is 17.3 Å². The molecule has 4 N–H and O–H groups in total. The molecule has 0 spiro atoms. The molecule has 0 fully saturated rings. The molecular formula is C16H18N2O2. The number of nitrogens with two attached hydrogens (primary N) is 1. The molecule has 0 saturated heterocycles. The third-order valence-electron chi connectivity index (χ3n) is 2.98. The molecule has 20 heavy (non-hydrogen) atoms. The Morgan fingerprint density at radius 3 is 2.20 bits per heavy atom. The summed E-state index contributed by atoms with van der Waals surface area (Å²) >= 11 is 0. The van der Waals surface area contributed by atoms with Crippen LogP contribution >= 0.6 is 0 Å². The first kappa shape index (κ1) is 14.1. The van der Waals surface area contributed by atoms with Crippen LogP contribution in [0.3, 0.4) is 0 Å². The van der Waals surface area contributed by atoms with Crippen molar-refractivity contribution in [3.8, 4) is 0 Å². The van der Waals surface area contributed by atoms with Crippen LogP contribution in [0, 0.1) is 0 Å². The summed E-state index contributed by atoms with van der Waals surface area (Å²) in [6, 6.07) is 14.7. The number of nitrogen functional groups attached to an aromatic ring is 1. The molecule has 0 heterocycles. The Hall–Kier alpha value is -2.33. The van der Waals surface area contributed by atoms with Gasteiger partial charge in [-0.05, 0) is 41.8 Å². The van der Waals surface area contributed by atoms with E-state index in [4.69, 9.17) is 10.8 Å². The maximum atomic E-state index is 11.9. The highest BCUT2D eigenvalue weighted by atomic mass is 16.2. The molecule has 1 amide bonds. The van der Waals surface area contributed by atoms with Crippen LogP contribution in [0.5, 0.6) is 0 Å². The van der Waals surface area contributed by atoms with Crippen LogP contribution in [-0.4, -0.2) is 17.6 Å². The predicted molar refractivity (Wildman–Crippen MR) is 80.4 cm³/mol. The van der Waals surface area contributed by atoms with Gasteiger partial charge in [0, 0.05) is 18.0 Å². The second-order valence-electron chi connectivity index (χ2n) is 4.64. The van der Waals surface area contributed by atoms with Crippen LogP contribution in [0.15, 0.2) is 48.5 Å². The molecule has 0 unspecified atom stereocenters. The number of aliphatic hydroxyl groups is 1. The van der Waals surface area contributed by atoms with Gasteiger partial charge in [0.15, 0.2) is 0 Å². The topological polar surface area (TPSA) is 75.4 Å². The molecule has 0 aromatic heterocycles. The number of benzene rings is 2. The number of rotatable bonds is 5. The summed E-state index contributed by atoms with van der Waals surface area (Å²) in [5, 5.41) is 11.7. The Morgan fingerprint density at radius 2 is 1.60 bits per heavy atom. The minimum atomic E-state index is -0.0651. The summed E-state index contributed by atoms with van der Waals surface area (Å²) in [5.74, 6) is -0.0651. The van der Waals surface area contributed by atoms with Crippen molar-refractivity contribution in [2.24, 2.45) is 0 Å². The van der Waals surface area contributed by atoms with E-state index in [-0.39, 0.29) is 12.5 Å². The Morgan fingerprint density at radius 1 is 1.00 bits per heavy atom. The van der Waals surface area contributed by atoms with Crippen molar-refractivity contribution in [3.63, 3.8) is 0 Å². The van der Waals surface area contributed by atoms with Crippen molar-refractivity contribution in [3.05, 3.63) is 59.7 Å². The van der Waals surface area contributed by atoms with E-state index in [2.05, 4.69) is 5.32 Å². The fourth-order valence-electron chi connectivity index (χ4n) is 1.91. The molecule has 0 bridgehead atoms. The quantitative estimate of drug-likeness (QED) is 0.727. The van der Waals surface area contributed by atoms with E-state index in [1.165, 1.54) is 0 Å². The molecule has 104 valence electrons. The van der Waals surface area contributed by atoms with E-state index < -0.39 is 0 Å². The Kier molecular flexibility index (Phi) is 4.74. The van der Waals surface area contributed by atoms with Crippen molar-refractivity contribution in [1.29, 1.82) is 0 Å². The lowest BCUT2D eigenvalue weighted by Gasteiger charge is -2.06. The molecule has 0 aliphatic rings. The predicted octanol–water partition coefficient (Wildman–Crippen LogP) is 1.98. The van der Waals surface area contributed by atoms with Gasteiger partial charge < -0.3 is 16.2 Å². The molecule has 0 aliphatic heterocycles. The number of amides is 1. The first-order chi connectivity index (χ1) is 9.67. The lowest BCUT2D eigenvalue weighted by atomic mass is 10.1. The van der Waals surface area contributed by atoms with Gasteiger partial charge >= 0.3 is 0 Å². The van der Waals surface area contributed by atoms with Gasteiger partial charge in [-0.3, -0.25) is 4.79 Å². The molecule has 2 aromatic rings. The molecule has 0 aliphatic carbocycles. The summed E-state index contributed by atoms with van der Waals surface area (Å²) < 4.78 is 0. The van der Waals surface area contributed by atoms with Gasteiger partial charge in [0.1, 0.15) is 0 Å².